The zero-order chi connectivity index (χ0) is 13.1. The zero-order valence-electron chi connectivity index (χ0n) is 11.1. The molecule has 1 amide bonds. The smallest absolute Gasteiger partial charge is 0.251 e. The van der Waals surface area contributed by atoms with Gasteiger partial charge in [-0.2, -0.15) is 0 Å². The number of aromatic hydroxyl groups is 1. The van der Waals surface area contributed by atoms with Crippen LogP contribution in [0.25, 0.3) is 0 Å². The van der Waals surface area contributed by atoms with E-state index in [1.807, 2.05) is 6.92 Å². The number of phenols is 1. The van der Waals surface area contributed by atoms with Crippen LogP contribution in [0, 0.1) is 30.6 Å². The van der Waals surface area contributed by atoms with Crippen LogP contribution in [0.4, 0.5) is 0 Å². The molecule has 3 aliphatic carbocycles. The van der Waals surface area contributed by atoms with Crippen LogP contribution < -0.4 is 5.32 Å². The lowest BCUT2D eigenvalue weighted by atomic mass is 10.0. The predicted octanol–water partition coefficient (Wildman–Crippen LogP) is 2.47. The molecule has 100 valence electrons. The minimum Gasteiger partial charge on any atom is -0.508 e. The van der Waals surface area contributed by atoms with Gasteiger partial charge >= 0.3 is 0 Å². The average Bonchev–Trinajstić information content (AvgIpc) is 2.81. The molecule has 4 atom stereocenters. The van der Waals surface area contributed by atoms with Crippen LogP contribution >= 0.6 is 0 Å². The van der Waals surface area contributed by atoms with Crippen molar-refractivity contribution >= 4 is 5.91 Å². The molecule has 1 aromatic carbocycles. The Bertz CT molecular complexity index is 538. The Kier molecular flexibility index (Phi) is 2.23. The van der Waals surface area contributed by atoms with E-state index in [1.165, 1.54) is 19.3 Å². The lowest BCUT2D eigenvalue weighted by Crippen LogP contribution is -2.29. The number of hydrogen-bond acceptors (Lipinski definition) is 2. The second-order valence-corrected chi connectivity index (χ2v) is 6.49. The number of nitrogens with one attached hydrogen (secondary N) is 1. The minimum atomic E-state index is -0.0332. The monoisotopic (exact) mass is 257 g/mol. The van der Waals surface area contributed by atoms with Crippen LogP contribution in [-0.2, 0) is 0 Å². The summed E-state index contributed by atoms with van der Waals surface area (Å²) in [6.45, 7) is 1.83. The number of hydrogen-bond donors (Lipinski definition) is 2. The molecule has 3 nitrogen and oxygen atoms in total. The lowest BCUT2D eigenvalue weighted by molar-refractivity contribution is 0.0944. The van der Waals surface area contributed by atoms with E-state index in [0.717, 1.165) is 29.2 Å². The lowest BCUT2D eigenvalue weighted by Gasteiger charge is -2.11. The molecule has 4 unspecified atom stereocenters. The van der Waals surface area contributed by atoms with Gasteiger partial charge in [0.25, 0.3) is 5.91 Å². The first kappa shape index (κ1) is 11.3. The molecule has 1 aromatic rings. The van der Waals surface area contributed by atoms with Crippen LogP contribution in [-0.4, -0.2) is 17.1 Å². The molecule has 0 saturated heterocycles. The van der Waals surface area contributed by atoms with Crippen molar-refractivity contribution in [1.29, 1.82) is 0 Å². The van der Waals surface area contributed by atoms with Crippen molar-refractivity contribution in [2.75, 3.05) is 0 Å². The third-order valence-corrected chi connectivity index (χ3v) is 5.50. The Morgan fingerprint density at radius 1 is 1.26 bits per heavy atom. The summed E-state index contributed by atoms with van der Waals surface area (Å²) in [6, 6.07) is 5.55. The van der Waals surface area contributed by atoms with Gasteiger partial charge in [-0.15, -0.1) is 0 Å². The van der Waals surface area contributed by atoms with Crippen LogP contribution in [0.3, 0.4) is 0 Å². The number of carbonyl (C=O) groups is 1. The number of amides is 1. The van der Waals surface area contributed by atoms with Crippen molar-refractivity contribution in [3.8, 4) is 5.75 Å². The molecule has 3 heteroatoms. The third-order valence-electron chi connectivity index (χ3n) is 5.50. The molecule has 3 aliphatic rings. The first-order valence-corrected chi connectivity index (χ1v) is 7.25. The number of rotatable bonds is 2. The van der Waals surface area contributed by atoms with Gasteiger partial charge in [-0.05, 0) is 67.6 Å². The number of aryl methyl sites for hydroxylation is 1. The largest absolute Gasteiger partial charge is 0.508 e. The van der Waals surface area contributed by atoms with Gasteiger partial charge in [0.05, 0.1) is 0 Å². The molecule has 0 heterocycles. The summed E-state index contributed by atoms with van der Waals surface area (Å²) in [6.07, 6.45) is 4.13. The highest BCUT2D eigenvalue weighted by Gasteiger charge is 2.65. The zero-order valence-corrected chi connectivity index (χ0v) is 11.1. The van der Waals surface area contributed by atoms with E-state index < -0.39 is 0 Å². The highest BCUT2D eigenvalue weighted by Crippen LogP contribution is 2.65. The molecule has 0 aliphatic heterocycles. The first-order valence-electron chi connectivity index (χ1n) is 7.25. The standard InChI is InChI=1S/C16H19NO2/c1-8-2-3-11(7-12(8)18)16(19)17-15-13-9-4-5-10(6-9)14(13)15/h2-3,7,9-10,13-15,18H,4-6H2,1H3,(H,17,19). The molecular formula is C16H19NO2. The minimum absolute atomic E-state index is 0.0332. The van der Waals surface area contributed by atoms with E-state index in [9.17, 15) is 9.90 Å². The van der Waals surface area contributed by atoms with Gasteiger partial charge in [-0.25, -0.2) is 0 Å². The second-order valence-electron chi connectivity index (χ2n) is 6.49. The number of carbonyl (C=O) groups excluding carboxylic acids is 1. The maximum Gasteiger partial charge on any atom is 0.251 e. The third kappa shape index (κ3) is 1.60. The molecule has 0 aromatic heterocycles. The first-order chi connectivity index (χ1) is 9.15. The maximum atomic E-state index is 12.2. The molecule has 4 rings (SSSR count). The quantitative estimate of drug-likeness (QED) is 0.855. The number of phenolic OH excluding ortho intramolecular Hbond substituents is 1. The summed E-state index contributed by atoms with van der Waals surface area (Å²) in [5.74, 6) is 3.40. The summed E-state index contributed by atoms with van der Waals surface area (Å²) in [4.78, 5) is 12.2. The molecule has 3 saturated carbocycles. The highest BCUT2D eigenvalue weighted by molar-refractivity contribution is 5.95. The van der Waals surface area contributed by atoms with E-state index in [2.05, 4.69) is 5.32 Å². The Labute approximate surface area is 113 Å². The summed E-state index contributed by atoms with van der Waals surface area (Å²) in [5, 5.41) is 12.8. The van der Waals surface area contributed by atoms with Crippen LogP contribution in [0.15, 0.2) is 18.2 Å². The van der Waals surface area contributed by atoms with E-state index in [0.29, 0.717) is 11.6 Å². The Hall–Kier alpha value is -1.51. The summed E-state index contributed by atoms with van der Waals surface area (Å²) < 4.78 is 0. The van der Waals surface area contributed by atoms with Crippen LogP contribution in [0.5, 0.6) is 5.75 Å². The van der Waals surface area contributed by atoms with Crippen molar-refractivity contribution < 1.29 is 9.90 Å². The van der Waals surface area contributed by atoms with E-state index in [-0.39, 0.29) is 11.7 Å². The Morgan fingerprint density at radius 2 is 1.95 bits per heavy atom. The van der Waals surface area contributed by atoms with Gasteiger partial charge in [0, 0.05) is 11.6 Å². The van der Waals surface area contributed by atoms with Crippen LogP contribution in [0.2, 0.25) is 0 Å². The van der Waals surface area contributed by atoms with E-state index >= 15 is 0 Å². The molecule has 2 N–H and O–H groups in total. The average molecular weight is 257 g/mol. The normalized spacial score (nSPS) is 38.1. The molecule has 2 bridgehead atoms. The predicted molar refractivity (Wildman–Crippen MR) is 71.9 cm³/mol. The second kappa shape index (κ2) is 3.75. The molecule has 0 spiro atoms. The Balaban J connectivity index is 1.46. The maximum absolute atomic E-state index is 12.2. The van der Waals surface area contributed by atoms with Crippen molar-refractivity contribution in [2.24, 2.45) is 23.7 Å². The molecule has 19 heavy (non-hydrogen) atoms. The fraction of sp³-hybridized carbons (Fsp3) is 0.562. The van der Waals surface area contributed by atoms with E-state index in [4.69, 9.17) is 0 Å². The highest BCUT2D eigenvalue weighted by atomic mass is 16.3. The van der Waals surface area contributed by atoms with Gasteiger partial charge in [0.2, 0.25) is 0 Å². The van der Waals surface area contributed by atoms with Crippen molar-refractivity contribution in [3.05, 3.63) is 29.3 Å². The van der Waals surface area contributed by atoms with Gasteiger partial charge in [-0.3, -0.25) is 4.79 Å². The molecular weight excluding hydrogens is 238 g/mol. The summed E-state index contributed by atoms with van der Waals surface area (Å²) >= 11 is 0. The van der Waals surface area contributed by atoms with Gasteiger partial charge in [0.15, 0.2) is 0 Å². The number of benzene rings is 1. The molecule has 3 fully saturated rings. The van der Waals surface area contributed by atoms with Gasteiger partial charge in [0.1, 0.15) is 5.75 Å². The SMILES string of the molecule is Cc1ccc(C(=O)NC2C3C4CCC(C4)C23)cc1O. The topological polar surface area (TPSA) is 49.3 Å². The van der Waals surface area contributed by atoms with Crippen molar-refractivity contribution in [2.45, 2.75) is 32.2 Å². The fourth-order valence-electron chi connectivity index (χ4n) is 4.50. The Morgan fingerprint density at radius 3 is 2.58 bits per heavy atom. The summed E-state index contributed by atoms with van der Waals surface area (Å²) in [7, 11) is 0. The fourth-order valence-corrected chi connectivity index (χ4v) is 4.50. The molecule has 0 radical (unpaired) electrons. The van der Waals surface area contributed by atoms with Crippen molar-refractivity contribution in [1.82, 2.24) is 5.32 Å². The number of fused-ring (bicyclic) bond motifs is 5. The van der Waals surface area contributed by atoms with Gasteiger partial charge < -0.3 is 10.4 Å². The van der Waals surface area contributed by atoms with Gasteiger partial charge in [-0.1, -0.05) is 6.07 Å². The summed E-state index contributed by atoms with van der Waals surface area (Å²) in [5.41, 5.74) is 1.37. The van der Waals surface area contributed by atoms with Crippen molar-refractivity contribution in [3.63, 3.8) is 0 Å². The van der Waals surface area contributed by atoms with E-state index in [1.54, 1.807) is 18.2 Å². The van der Waals surface area contributed by atoms with Crippen LogP contribution in [0.1, 0.15) is 35.2 Å².